The van der Waals surface area contributed by atoms with Crippen LogP contribution >= 0.6 is 23.2 Å². The predicted octanol–water partition coefficient (Wildman–Crippen LogP) is 6.64. The molecule has 3 atom stereocenters. The van der Waals surface area contributed by atoms with Crippen LogP contribution in [0.4, 0.5) is 4.79 Å². The zero-order chi connectivity index (χ0) is 36.3. The maximum absolute atomic E-state index is 12.5. The van der Waals surface area contributed by atoms with Gasteiger partial charge in [-0.15, -0.1) is 11.6 Å². The van der Waals surface area contributed by atoms with Crippen molar-refractivity contribution in [2.45, 2.75) is 70.6 Å². The molecular weight excluding hydrogens is 687 g/mol. The first-order valence-electron chi connectivity index (χ1n) is 18.0. The summed E-state index contributed by atoms with van der Waals surface area (Å²) in [7, 11) is 0. The Balaban J connectivity index is 0.987. The second-order valence-corrected chi connectivity index (χ2v) is 16.3. The highest BCUT2D eigenvalue weighted by molar-refractivity contribution is 6.32. The molecule has 0 spiro atoms. The van der Waals surface area contributed by atoms with E-state index < -0.39 is 11.0 Å². The third kappa shape index (κ3) is 8.70. The van der Waals surface area contributed by atoms with Gasteiger partial charge in [0, 0.05) is 56.9 Å². The predicted molar refractivity (Wildman–Crippen MR) is 201 cm³/mol. The second kappa shape index (κ2) is 15.5. The molecule has 6 rings (SSSR count). The second-order valence-electron chi connectivity index (χ2n) is 15.5. The van der Waals surface area contributed by atoms with Crippen molar-refractivity contribution in [3.63, 3.8) is 0 Å². The molecule has 0 bridgehead atoms. The highest BCUT2D eigenvalue weighted by Crippen LogP contribution is 2.39. The van der Waals surface area contributed by atoms with E-state index in [1.54, 1.807) is 0 Å². The van der Waals surface area contributed by atoms with Crippen molar-refractivity contribution in [1.29, 1.82) is 5.26 Å². The van der Waals surface area contributed by atoms with Crippen molar-refractivity contribution in [1.82, 2.24) is 20.0 Å². The van der Waals surface area contributed by atoms with E-state index in [1.165, 1.54) is 0 Å². The van der Waals surface area contributed by atoms with Gasteiger partial charge in [-0.2, -0.15) is 5.26 Å². The lowest BCUT2D eigenvalue weighted by molar-refractivity contribution is 0.0151. The number of benzene rings is 2. The Kier molecular flexibility index (Phi) is 11.3. The summed E-state index contributed by atoms with van der Waals surface area (Å²) >= 11 is 12.3. The molecule has 3 fully saturated rings. The van der Waals surface area contributed by atoms with Gasteiger partial charge in [0.2, 0.25) is 0 Å². The number of carbonyl (C=O) groups is 1. The van der Waals surface area contributed by atoms with Gasteiger partial charge < -0.3 is 29.3 Å². The summed E-state index contributed by atoms with van der Waals surface area (Å²) in [4.78, 5) is 24.4. The number of halogens is 2. The summed E-state index contributed by atoms with van der Waals surface area (Å²) < 4.78 is 17.4. The van der Waals surface area contributed by atoms with E-state index in [4.69, 9.17) is 42.4 Å². The lowest BCUT2D eigenvalue weighted by Crippen LogP contribution is -2.48. The van der Waals surface area contributed by atoms with Gasteiger partial charge in [0.25, 0.3) is 0 Å². The molecule has 12 heteroatoms. The Labute approximate surface area is 312 Å². The monoisotopic (exact) mass is 736 g/mol. The lowest BCUT2D eigenvalue weighted by atomic mass is 9.77. The van der Waals surface area contributed by atoms with Crippen LogP contribution in [-0.2, 0) is 10.2 Å². The van der Waals surface area contributed by atoms with Crippen LogP contribution in [0, 0.1) is 23.2 Å². The fourth-order valence-corrected chi connectivity index (χ4v) is 7.97. The number of nitrogens with zero attached hydrogens (tertiary/aromatic N) is 5. The number of nitrogens with one attached hydrogen (secondary N) is 1. The molecule has 0 radical (unpaired) electrons. The summed E-state index contributed by atoms with van der Waals surface area (Å²) in [6, 6.07) is 14.4. The maximum atomic E-state index is 12.5. The number of amides is 1. The van der Waals surface area contributed by atoms with E-state index in [9.17, 15) is 10.1 Å². The average molecular weight is 738 g/mol. The Hall–Kier alpha value is -3.65. The van der Waals surface area contributed by atoms with E-state index >= 15 is 0 Å². The molecule has 3 saturated heterocycles. The summed E-state index contributed by atoms with van der Waals surface area (Å²) in [5.74, 6) is 3.60. The van der Waals surface area contributed by atoms with Gasteiger partial charge in [-0.25, -0.2) is 9.79 Å². The quantitative estimate of drug-likeness (QED) is 0.286. The molecule has 1 unspecified atom stereocenters. The normalized spacial score (nSPS) is 22.6. The number of guanidine groups is 1. The van der Waals surface area contributed by atoms with Crippen LogP contribution in [-0.4, -0.2) is 103 Å². The average Bonchev–Trinajstić information content (AvgIpc) is 3.70. The minimum atomic E-state index is -0.463. The van der Waals surface area contributed by atoms with Crippen LogP contribution < -0.4 is 14.8 Å². The number of hydrogen-bond acceptors (Lipinski definition) is 9. The van der Waals surface area contributed by atoms with Gasteiger partial charge in [-0.3, -0.25) is 4.90 Å². The largest absolute Gasteiger partial charge is 0.491 e. The van der Waals surface area contributed by atoms with Crippen LogP contribution in [0.15, 0.2) is 53.7 Å². The molecule has 10 nitrogen and oxygen atoms in total. The van der Waals surface area contributed by atoms with Gasteiger partial charge in [0.1, 0.15) is 36.7 Å². The highest BCUT2D eigenvalue weighted by Gasteiger charge is 2.44. The maximum Gasteiger partial charge on any atom is 0.410 e. The zero-order valence-electron chi connectivity index (χ0n) is 30.3. The Morgan fingerprint density at radius 2 is 1.69 bits per heavy atom. The first-order valence-corrected chi connectivity index (χ1v) is 18.9. The Morgan fingerprint density at radius 1 is 1.00 bits per heavy atom. The van der Waals surface area contributed by atoms with Gasteiger partial charge in [-0.1, -0.05) is 37.6 Å². The van der Waals surface area contributed by atoms with Crippen LogP contribution in [0.3, 0.4) is 0 Å². The van der Waals surface area contributed by atoms with Gasteiger partial charge >= 0.3 is 6.09 Å². The number of fused-ring (bicyclic) bond motifs is 1. The molecular formula is C39H50Cl2N6O4. The molecule has 4 aliphatic rings. The number of aliphatic imine (C=N–C) groups is 1. The number of hydrogen-bond donors (Lipinski definition) is 1. The Morgan fingerprint density at radius 3 is 2.31 bits per heavy atom. The fraction of sp³-hybridized carbons (Fsp3) is 0.564. The third-order valence-electron chi connectivity index (χ3n) is 10.5. The van der Waals surface area contributed by atoms with Crippen molar-refractivity contribution in [2.24, 2.45) is 16.8 Å². The molecule has 51 heavy (non-hydrogen) atoms. The number of likely N-dealkylation sites (tertiary alicyclic amines) is 3. The number of ether oxygens (including phenoxy) is 3. The molecule has 0 saturated carbocycles. The Bertz CT molecular complexity index is 1650. The van der Waals surface area contributed by atoms with E-state index in [1.807, 2.05) is 62.2 Å². The first kappa shape index (κ1) is 37.1. The molecule has 2 aromatic rings. The van der Waals surface area contributed by atoms with E-state index in [0.717, 1.165) is 74.9 Å². The minimum absolute atomic E-state index is 0.0875. The lowest BCUT2D eigenvalue weighted by Gasteiger charge is -2.38. The van der Waals surface area contributed by atoms with Crippen LogP contribution in [0.25, 0.3) is 0 Å². The summed E-state index contributed by atoms with van der Waals surface area (Å²) in [6.07, 6.45) is 5.83. The molecule has 1 N–H and O–H groups in total. The fourth-order valence-electron chi connectivity index (χ4n) is 7.62. The van der Waals surface area contributed by atoms with Crippen LogP contribution in [0.5, 0.6) is 11.5 Å². The van der Waals surface area contributed by atoms with Gasteiger partial charge in [-0.05, 0) is 86.9 Å². The van der Waals surface area contributed by atoms with Gasteiger partial charge in [0.15, 0.2) is 11.7 Å². The van der Waals surface area contributed by atoms with E-state index in [-0.39, 0.29) is 18.7 Å². The van der Waals surface area contributed by atoms with E-state index in [2.05, 4.69) is 47.2 Å². The smallest absolute Gasteiger partial charge is 0.410 e. The SMILES string of the molecule is CC(C)(C)OC(=O)N1CCC(N2C[C@H]3CN(C4=NC(COc5ccc(C(C)(C)c6cc(Cl)c(OCCCl)c(C#N)c6)cc5)C=CN4)C[C@H]3C2)CC1. The number of nitriles is 1. The molecule has 2 aromatic carbocycles. The van der Waals surface area contributed by atoms with E-state index in [0.29, 0.717) is 46.7 Å². The van der Waals surface area contributed by atoms with Crippen molar-refractivity contribution in [2.75, 3.05) is 58.4 Å². The van der Waals surface area contributed by atoms with Crippen molar-refractivity contribution < 1.29 is 19.0 Å². The zero-order valence-corrected chi connectivity index (χ0v) is 31.8. The minimum Gasteiger partial charge on any atom is -0.491 e. The highest BCUT2D eigenvalue weighted by atomic mass is 35.5. The van der Waals surface area contributed by atoms with Crippen LogP contribution in [0.2, 0.25) is 5.02 Å². The molecule has 0 aliphatic carbocycles. The summed E-state index contributed by atoms with van der Waals surface area (Å²) in [6.45, 7) is 16.4. The summed E-state index contributed by atoms with van der Waals surface area (Å²) in [5.41, 5.74) is 1.49. The molecule has 4 aliphatic heterocycles. The van der Waals surface area contributed by atoms with Crippen molar-refractivity contribution in [3.8, 4) is 17.6 Å². The van der Waals surface area contributed by atoms with Crippen molar-refractivity contribution >= 4 is 35.3 Å². The first-order chi connectivity index (χ1) is 24.3. The standard InChI is InChI=1S/C39H50Cl2N6O4/c1-38(2,3)51-37(48)45-15-11-32(12-16-45)46-21-27-23-47(24-28(27)22-46)36-43-14-10-31(44-36)25-50-33-8-6-29(7-9-33)39(4,5)30-18-26(20-42)35(34(41)19-30)49-17-13-40/h6-10,14,18-19,27-28,31-32H,11-13,15-17,21-25H2,1-5H3,(H,43,44)/t27-,28+,31?. The molecule has 274 valence electrons. The van der Waals surface area contributed by atoms with Gasteiger partial charge in [0.05, 0.1) is 16.5 Å². The summed E-state index contributed by atoms with van der Waals surface area (Å²) in [5, 5.41) is 13.5. The number of carbonyl (C=O) groups excluding carboxylic acids is 1. The number of piperidine rings is 1. The molecule has 0 aromatic heterocycles. The third-order valence-corrected chi connectivity index (χ3v) is 10.9. The number of rotatable bonds is 9. The van der Waals surface area contributed by atoms with Crippen LogP contribution in [0.1, 0.15) is 64.2 Å². The number of alkyl halides is 1. The van der Waals surface area contributed by atoms with Crippen molar-refractivity contribution in [3.05, 3.63) is 70.4 Å². The molecule has 4 heterocycles. The topological polar surface area (TPSA) is 103 Å². The molecule has 1 amide bonds.